The zero-order valence-corrected chi connectivity index (χ0v) is 15.9. The highest BCUT2D eigenvalue weighted by molar-refractivity contribution is 6.30. The van der Waals surface area contributed by atoms with Gasteiger partial charge >= 0.3 is 6.18 Å². The Bertz CT molecular complexity index is 1230. The quantitative estimate of drug-likeness (QED) is 0.456. The summed E-state index contributed by atoms with van der Waals surface area (Å²) in [6.45, 7) is 3.60. The van der Waals surface area contributed by atoms with E-state index in [1.54, 1.807) is 23.5 Å². The molecule has 0 radical (unpaired) electrons. The topological polar surface area (TPSA) is 52.3 Å². The Labute approximate surface area is 162 Å². The molecule has 0 saturated heterocycles. The molecule has 0 aliphatic heterocycles. The minimum atomic E-state index is -4.54. The average Bonchev–Trinajstić information content (AvgIpc) is 2.99. The third kappa shape index (κ3) is 2.84. The zero-order chi connectivity index (χ0) is 20.2. The molecule has 28 heavy (non-hydrogen) atoms. The van der Waals surface area contributed by atoms with Crippen molar-refractivity contribution in [3.05, 3.63) is 52.2 Å². The standard InChI is InChI=1S/C19H14ClF3N4O/c1-9-4-5-12(20)8-13(9)18-24-10(2)17-26-25-16-14(27(17)18)6-11(19(21,22)23)7-15(16)28-3/h4-8H,1-3H3. The molecule has 2 aromatic heterocycles. The summed E-state index contributed by atoms with van der Waals surface area (Å²) in [6, 6.07) is 7.24. The molecule has 0 aliphatic rings. The molecule has 4 aromatic rings. The highest BCUT2D eigenvalue weighted by atomic mass is 35.5. The van der Waals surface area contributed by atoms with Crippen LogP contribution in [-0.2, 0) is 6.18 Å². The number of ether oxygens (including phenoxy) is 1. The summed E-state index contributed by atoms with van der Waals surface area (Å²) in [5.41, 5.74) is 2.05. The van der Waals surface area contributed by atoms with Crippen molar-refractivity contribution >= 4 is 28.3 Å². The van der Waals surface area contributed by atoms with E-state index < -0.39 is 11.7 Å². The molecule has 2 heterocycles. The lowest BCUT2D eigenvalue weighted by Crippen LogP contribution is -2.08. The second-order valence-electron chi connectivity index (χ2n) is 6.38. The van der Waals surface area contributed by atoms with Gasteiger partial charge in [0, 0.05) is 10.6 Å². The van der Waals surface area contributed by atoms with Crippen molar-refractivity contribution in [1.29, 1.82) is 0 Å². The fourth-order valence-corrected chi connectivity index (χ4v) is 3.33. The Morgan fingerprint density at radius 1 is 1.07 bits per heavy atom. The van der Waals surface area contributed by atoms with Crippen LogP contribution in [0.15, 0.2) is 30.3 Å². The third-order valence-corrected chi connectivity index (χ3v) is 4.78. The van der Waals surface area contributed by atoms with Crippen molar-refractivity contribution in [3.8, 4) is 17.1 Å². The number of nitrogens with zero attached hydrogens (tertiary/aromatic N) is 4. The van der Waals surface area contributed by atoms with E-state index in [9.17, 15) is 13.2 Å². The van der Waals surface area contributed by atoms with Gasteiger partial charge < -0.3 is 4.74 Å². The minimum absolute atomic E-state index is 0.0145. The number of hydrogen-bond acceptors (Lipinski definition) is 4. The number of alkyl halides is 3. The lowest BCUT2D eigenvalue weighted by molar-refractivity contribution is -0.137. The molecular weight excluding hydrogens is 393 g/mol. The van der Waals surface area contributed by atoms with Gasteiger partial charge in [-0.3, -0.25) is 4.40 Å². The molecule has 0 spiro atoms. The Morgan fingerprint density at radius 2 is 1.82 bits per heavy atom. The third-order valence-electron chi connectivity index (χ3n) is 4.55. The predicted octanol–water partition coefficient (Wildman–Crippen LogP) is 5.24. The van der Waals surface area contributed by atoms with Gasteiger partial charge in [0.1, 0.15) is 11.6 Å². The van der Waals surface area contributed by atoms with Gasteiger partial charge in [-0.15, -0.1) is 10.2 Å². The number of fused-ring (bicyclic) bond motifs is 3. The molecule has 4 rings (SSSR count). The summed E-state index contributed by atoms with van der Waals surface area (Å²) in [7, 11) is 1.29. The Kier molecular flexibility index (Phi) is 4.19. The van der Waals surface area contributed by atoms with Gasteiger partial charge in [0.05, 0.1) is 23.9 Å². The number of imidazole rings is 1. The molecular formula is C19H14ClF3N4O. The molecule has 2 aromatic carbocycles. The highest BCUT2D eigenvalue weighted by Gasteiger charge is 2.32. The van der Waals surface area contributed by atoms with E-state index in [-0.39, 0.29) is 16.8 Å². The number of halogens is 4. The van der Waals surface area contributed by atoms with Gasteiger partial charge in [-0.2, -0.15) is 13.2 Å². The smallest absolute Gasteiger partial charge is 0.416 e. The molecule has 0 atom stereocenters. The first-order chi connectivity index (χ1) is 13.2. The van der Waals surface area contributed by atoms with E-state index in [1.807, 2.05) is 13.0 Å². The van der Waals surface area contributed by atoms with Gasteiger partial charge in [0.25, 0.3) is 0 Å². The monoisotopic (exact) mass is 406 g/mol. The van der Waals surface area contributed by atoms with Crippen LogP contribution in [0.3, 0.4) is 0 Å². The van der Waals surface area contributed by atoms with E-state index in [1.165, 1.54) is 7.11 Å². The van der Waals surface area contributed by atoms with Gasteiger partial charge in [-0.25, -0.2) is 4.98 Å². The number of aromatic nitrogens is 4. The molecule has 0 saturated carbocycles. The fourth-order valence-electron chi connectivity index (χ4n) is 3.16. The second kappa shape index (κ2) is 6.34. The number of methoxy groups -OCH3 is 1. The normalized spacial score (nSPS) is 12.1. The van der Waals surface area contributed by atoms with Crippen molar-refractivity contribution < 1.29 is 17.9 Å². The molecule has 0 unspecified atom stereocenters. The lowest BCUT2D eigenvalue weighted by Gasteiger charge is -2.13. The summed E-state index contributed by atoms with van der Waals surface area (Å²) in [6.07, 6.45) is -4.54. The van der Waals surface area contributed by atoms with Crippen molar-refractivity contribution in [2.45, 2.75) is 20.0 Å². The van der Waals surface area contributed by atoms with Crippen LogP contribution in [0.5, 0.6) is 5.75 Å². The largest absolute Gasteiger partial charge is 0.494 e. The van der Waals surface area contributed by atoms with Crippen molar-refractivity contribution in [2.24, 2.45) is 0 Å². The number of benzene rings is 2. The maximum Gasteiger partial charge on any atom is 0.416 e. The zero-order valence-electron chi connectivity index (χ0n) is 15.1. The van der Waals surface area contributed by atoms with Crippen LogP contribution in [0.25, 0.3) is 28.1 Å². The molecule has 0 aliphatic carbocycles. The van der Waals surface area contributed by atoms with E-state index >= 15 is 0 Å². The minimum Gasteiger partial charge on any atom is -0.494 e. The SMILES string of the molecule is COc1cc(C(F)(F)F)cc2c1nnc1c(C)nc(-c3cc(Cl)ccc3C)n12. The van der Waals surface area contributed by atoms with Crippen LogP contribution in [-0.4, -0.2) is 26.7 Å². The Balaban J connectivity index is 2.19. The van der Waals surface area contributed by atoms with E-state index in [4.69, 9.17) is 16.3 Å². The molecule has 0 fully saturated rings. The van der Waals surface area contributed by atoms with Gasteiger partial charge in [-0.1, -0.05) is 17.7 Å². The van der Waals surface area contributed by atoms with Crippen LogP contribution < -0.4 is 4.74 Å². The Hall–Kier alpha value is -2.87. The summed E-state index contributed by atoms with van der Waals surface area (Å²) in [5.74, 6) is 0.424. The average molecular weight is 407 g/mol. The van der Waals surface area contributed by atoms with Crippen LogP contribution >= 0.6 is 11.6 Å². The van der Waals surface area contributed by atoms with Crippen LogP contribution in [0, 0.1) is 13.8 Å². The van der Waals surface area contributed by atoms with Crippen LogP contribution in [0.4, 0.5) is 13.2 Å². The molecule has 0 bridgehead atoms. The molecule has 0 N–H and O–H groups in total. The van der Waals surface area contributed by atoms with Gasteiger partial charge in [-0.05, 0) is 43.7 Å². The fraction of sp³-hybridized carbons (Fsp3) is 0.211. The predicted molar refractivity (Wildman–Crippen MR) is 99.8 cm³/mol. The van der Waals surface area contributed by atoms with Gasteiger partial charge in [0.15, 0.2) is 11.2 Å². The summed E-state index contributed by atoms with van der Waals surface area (Å²) < 4.78 is 47.0. The Morgan fingerprint density at radius 3 is 2.50 bits per heavy atom. The van der Waals surface area contributed by atoms with Crippen molar-refractivity contribution in [2.75, 3.05) is 7.11 Å². The summed E-state index contributed by atoms with van der Waals surface area (Å²) in [5, 5.41) is 8.74. The first-order valence-electron chi connectivity index (χ1n) is 8.28. The molecule has 5 nitrogen and oxygen atoms in total. The first-order valence-corrected chi connectivity index (χ1v) is 8.65. The van der Waals surface area contributed by atoms with Crippen molar-refractivity contribution in [3.63, 3.8) is 0 Å². The molecule has 144 valence electrons. The maximum atomic E-state index is 13.4. The van der Waals surface area contributed by atoms with E-state index in [2.05, 4.69) is 15.2 Å². The number of rotatable bonds is 2. The highest BCUT2D eigenvalue weighted by Crippen LogP contribution is 2.37. The first kappa shape index (κ1) is 18.5. The summed E-state index contributed by atoms with van der Waals surface area (Å²) in [4.78, 5) is 4.54. The number of hydrogen-bond donors (Lipinski definition) is 0. The second-order valence-corrected chi connectivity index (χ2v) is 6.82. The van der Waals surface area contributed by atoms with Crippen LogP contribution in [0.1, 0.15) is 16.8 Å². The van der Waals surface area contributed by atoms with E-state index in [0.717, 1.165) is 17.7 Å². The number of aryl methyl sites for hydroxylation is 2. The molecule has 0 amide bonds. The van der Waals surface area contributed by atoms with Gasteiger partial charge in [0.2, 0.25) is 0 Å². The molecule has 9 heteroatoms. The van der Waals surface area contributed by atoms with Crippen LogP contribution in [0.2, 0.25) is 5.02 Å². The lowest BCUT2D eigenvalue weighted by atomic mass is 10.1. The van der Waals surface area contributed by atoms with Crippen molar-refractivity contribution in [1.82, 2.24) is 19.6 Å². The maximum absolute atomic E-state index is 13.4. The van der Waals surface area contributed by atoms with E-state index in [0.29, 0.717) is 27.8 Å². The summed E-state index contributed by atoms with van der Waals surface area (Å²) >= 11 is 6.14.